The number of anilines is 1. The van der Waals surface area contributed by atoms with Gasteiger partial charge in [-0.2, -0.15) is 5.10 Å². The second-order valence-electron chi connectivity index (χ2n) is 3.91. The van der Waals surface area contributed by atoms with Crippen LogP contribution in [0.4, 0.5) is 5.82 Å². The third-order valence-corrected chi connectivity index (χ3v) is 2.70. The molecule has 19 heavy (non-hydrogen) atoms. The zero-order chi connectivity index (χ0) is 14.4. The molecule has 0 aliphatic rings. The van der Waals surface area contributed by atoms with E-state index < -0.39 is 0 Å². The van der Waals surface area contributed by atoms with Crippen molar-refractivity contribution < 1.29 is 0 Å². The number of hydrogen-bond donors (Lipinski definition) is 2. The van der Waals surface area contributed by atoms with E-state index in [4.69, 9.17) is 0 Å². The maximum Gasteiger partial charge on any atom is 0.143 e. The van der Waals surface area contributed by atoms with Gasteiger partial charge >= 0.3 is 0 Å². The van der Waals surface area contributed by atoms with Crippen LogP contribution in [0.1, 0.15) is 26.3 Å². The number of aromatic nitrogens is 3. The summed E-state index contributed by atoms with van der Waals surface area (Å²) in [7, 11) is 1.89. The van der Waals surface area contributed by atoms with Crippen LogP contribution in [0, 0.1) is 0 Å². The van der Waals surface area contributed by atoms with Crippen molar-refractivity contribution in [3.05, 3.63) is 36.8 Å². The topological polar surface area (TPSA) is 42.7 Å². The minimum atomic E-state index is 0.716. The first kappa shape index (κ1) is 15.3. The molecule has 0 spiro atoms. The minimum Gasteiger partial charge on any atom is -0.316 e. The average molecular weight is 276 g/mol. The van der Waals surface area contributed by atoms with Gasteiger partial charge in [0.05, 0.1) is 6.20 Å². The van der Waals surface area contributed by atoms with E-state index in [1.807, 2.05) is 46.3 Å². The average Bonchev–Trinajstić information content (AvgIpc) is 2.87. The molecule has 0 aliphatic carbocycles. The van der Waals surface area contributed by atoms with Gasteiger partial charge in [-0.1, -0.05) is 33.2 Å². The van der Waals surface area contributed by atoms with Gasteiger partial charge in [-0.15, -0.1) is 0 Å². The fraction of sp³-hybridized carbons (Fsp3) is 0.286. The molecule has 0 amide bonds. The van der Waals surface area contributed by atoms with E-state index in [1.165, 1.54) is 0 Å². The van der Waals surface area contributed by atoms with Crippen LogP contribution in [0.3, 0.4) is 0 Å². The highest BCUT2D eigenvalue weighted by Gasteiger charge is 2.07. The van der Waals surface area contributed by atoms with Crippen molar-refractivity contribution in [1.29, 1.82) is 0 Å². The molecule has 0 radical (unpaired) electrons. The van der Waals surface area contributed by atoms with Gasteiger partial charge in [0.1, 0.15) is 5.82 Å². The second-order valence-corrected chi connectivity index (χ2v) is 4.14. The lowest BCUT2D eigenvalue weighted by Gasteiger charge is -2.08. The van der Waals surface area contributed by atoms with Crippen LogP contribution in [0.25, 0.3) is 16.7 Å². The van der Waals surface area contributed by atoms with Crippen LogP contribution < -0.4 is 4.72 Å². The van der Waals surface area contributed by atoms with Gasteiger partial charge in [0, 0.05) is 36.1 Å². The summed E-state index contributed by atoms with van der Waals surface area (Å²) < 4.78 is 4.53. The van der Waals surface area contributed by atoms with Gasteiger partial charge < -0.3 is 4.72 Å². The maximum absolute atomic E-state index is 4.32. The summed E-state index contributed by atoms with van der Waals surface area (Å²) in [6.45, 7) is 9.88. The molecule has 2 aromatic heterocycles. The van der Waals surface area contributed by atoms with Crippen LogP contribution in [-0.4, -0.2) is 14.8 Å². The van der Waals surface area contributed by atoms with Crippen molar-refractivity contribution in [2.45, 2.75) is 20.8 Å². The van der Waals surface area contributed by atoms with Crippen LogP contribution in [-0.2, 0) is 7.05 Å². The first-order chi connectivity index (χ1) is 9.11. The Morgan fingerprint density at radius 3 is 2.47 bits per heavy atom. The van der Waals surface area contributed by atoms with Gasteiger partial charge in [-0.05, 0) is 18.6 Å². The number of allylic oxidation sites excluding steroid dienone is 1. The molecular weight excluding hydrogens is 256 g/mol. The molecule has 2 heterocycles. The Bertz CT molecular complexity index is 560. The predicted octanol–water partition coefficient (Wildman–Crippen LogP) is 3.80. The Labute approximate surface area is 120 Å². The molecule has 2 rings (SSSR count). The van der Waals surface area contributed by atoms with E-state index >= 15 is 0 Å². The van der Waals surface area contributed by atoms with Gasteiger partial charge in [-0.3, -0.25) is 4.68 Å². The molecular formula is C14H20N4S. The van der Waals surface area contributed by atoms with Crippen LogP contribution >= 0.6 is 12.8 Å². The van der Waals surface area contributed by atoms with Crippen molar-refractivity contribution in [1.82, 2.24) is 14.8 Å². The molecule has 0 saturated heterocycles. The zero-order valence-corrected chi connectivity index (χ0v) is 12.7. The first-order valence-corrected chi connectivity index (χ1v) is 6.61. The third-order valence-electron chi connectivity index (χ3n) is 2.49. The Balaban J connectivity index is 0.000000861. The SMILES string of the molecule is C=C(C)c1cc(-c2cnn(C)c2)cnc1NS.CC. The number of rotatable bonds is 3. The number of nitrogens with one attached hydrogen (secondary N) is 1. The number of thiol groups is 1. The quantitative estimate of drug-likeness (QED) is 0.838. The highest BCUT2D eigenvalue weighted by Crippen LogP contribution is 2.27. The van der Waals surface area contributed by atoms with Gasteiger partial charge in [0.15, 0.2) is 0 Å². The molecule has 5 heteroatoms. The van der Waals surface area contributed by atoms with Crippen LogP contribution in [0.15, 0.2) is 31.2 Å². The number of hydrogen-bond acceptors (Lipinski definition) is 4. The largest absolute Gasteiger partial charge is 0.316 e. The molecule has 0 saturated carbocycles. The molecule has 0 unspecified atom stereocenters. The summed E-state index contributed by atoms with van der Waals surface area (Å²) in [4.78, 5) is 4.32. The second kappa shape index (κ2) is 6.99. The highest BCUT2D eigenvalue weighted by atomic mass is 32.1. The minimum absolute atomic E-state index is 0.716. The van der Waals surface area contributed by atoms with Gasteiger partial charge in [0.25, 0.3) is 0 Å². The summed E-state index contributed by atoms with van der Waals surface area (Å²) in [5.74, 6) is 0.716. The lowest BCUT2D eigenvalue weighted by atomic mass is 10.1. The Kier molecular flexibility index (Phi) is 5.63. The van der Waals surface area contributed by atoms with E-state index in [0.717, 1.165) is 22.3 Å². The van der Waals surface area contributed by atoms with E-state index in [9.17, 15) is 0 Å². The summed E-state index contributed by atoms with van der Waals surface area (Å²) in [6, 6.07) is 2.03. The molecule has 4 nitrogen and oxygen atoms in total. The maximum atomic E-state index is 4.32. The number of pyridine rings is 1. The standard InChI is InChI=1S/C12H14N4S.C2H6/c1-8(2)11-4-9(5-13-12(11)15-17)10-6-14-16(3)7-10;1-2/h4-7,17H,1H2,2-3H3,(H,13,15);1-2H3. The van der Waals surface area contributed by atoms with Crippen molar-refractivity contribution in [3.8, 4) is 11.1 Å². The fourth-order valence-electron chi connectivity index (χ4n) is 1.61. The molecule has 1 N–H and O–H groups in total. The predicted molar refractivity (Wildman–Crippen MR) is 85.1 cm³/mol. The van der Waals surface area contributed by atoms with Crippen molar-refractivity contribution in [3.63, 3.8) is 0 Å². The number of aryl methyl sites for hydroxylation is 1. The molecule has 0 aliphatic heterocycles. The molecule has 0 aromatic carbocycles. The molecule has 2 aromatic rings. The van der Waals surface area contributed by atoms with E-state index in [0.29, 0.717) is 5.82 Å². The van der Waals surface area contributed by atoms with Crippen molar-refractivity contribution >= 4 is 24.2 Å². The lowest BCUT2D eigenvalue weighted by Crippen LogP contribution is -1.93. The van der Waals surface area contributed by atoms with Crippen molar-refractivity contribution in [2.75, 3.05) is 4.72 Å². The summed E-state index contributed by atoms with van der Waals surface area (Å²) in [5, 5.41) is 4.15. The molecule has 102 valence electrons. The van der Waals surface area contributed by atoms with Crippen LogP contribution in [0.2, 0.25) is 0 Å². The summed E-state index contributed by atoms with van der Waals surface area (Å²) >= 11 is 4.03. The highest BCUT2D eigenvalue weighted by molar-refractivity contribution is 7.81. The van der Waals surface area contributed by atoms with Crippen LogP contribution in [0.5, 0.6) is 0 Å². The molecule has 0 bridgehead atoms. The Morgan fingerprint density at radius 1 is 1.32 bits per heavy atom. The zero-order valence-electron chi connectivity index (χ0n) is 11.8. The van der Waals surface area contributed by atoms with Crippen molar-refractivity contribution in [2.24, 2.45) is 7.05 Å². The third kappa shape index (κ3) is 3.61. The lowest BCUT2D eigenvalue weighted by molar-refractivity contribution is 0.768. The van der Waals surface area contributed by atoms with Gasteiger partial charge in [0.2, 0.25) is 0 Å². The normalized spacial score (nSPS) is 9.53. The van der Waals surface area contributed by atoms with Gasteiger partial charge in [-0.25, -0.2) is 4.98 Å². The molecule has 0 fully saturated rings. The van der Waals surface area contributed by atoms with E-state index in [1.54, 1.807) is 10.9 Å². The Hall–Kier alpha value is -1.75. The monoisotopic (exact) mass is 276 g/mol. The fourth-order valence-corrected chi connectivity index (χ4v) is 1.79. The summed E-state index contributed by atoms with van der Waals surface area (Å²) in [5.41, 5.74) is 3.96. The number of nitrogens with zero attached hydrogens (tertiary/aromatic N) is 3. The molecule has 0 atom stereocenters. The Morgan fingerprint density at radius 2 is 2.00 bits per heavy atom. The van der Waals surface area contributed by atoms with E-state index in [2.05, 4.69) is 34.2 Å². The van der Waals surface area contributed by atoms with E-state index in [-0.39, 0.29) is 0 Å². The first-order valence-electron chi connectivity index (χ1n) is 6.17. The smallest absolute Gasteiger partial charge is 0.143 e. The summed E-state index contributed by atoms with van der Waals surface area (Å²) in [6.07, 6.45) is 5.56.